The van der Waals surface area contributed by atoms with E-state index in [-0.39, 0.29) is 11.5 Å². The number of halogens is 2. The molecule has 4 N–H and O–H groups in total. The number of aromatic nitrogens is 2. The van der Waals surface area contributed by atoms with Gasteiger partial charge in [-0.3, -0.25) is 9.99 Å². The van der Waals surface area contributed by atoms with Crippen molar-refractivity contribution in [1.82, 2.24) is 25.9 Å². The molecule has 0 radical (unpaired) electrons. The highest BCUT2D eigenvalue weighted by atomic mass is 35.5. The summed E-state index contributed by atoms with van der Waals surface area (Å²) in [6.07, 6.45) is 3.44. The largest absolute Gasteiger partial charge is 0.383 e. The van der Waals surface area contributed by atoms with Crippen molar-refractivity contribution < 1.29 is 4.39 Å². The van der Waals surface area contributed by atoms with Crippen LogP contribution in [0.5, 0.6) is 0 Å². The van der Waals surface area contributed by atoms with E-state index in [9.17, 15) is 9.65 Å². The summed E-state index contributed by atoms with van der Waals surface area (Å²) < 4.78 is 13.7. The van der Waals surface area contributed by atoms with Gasteiger partial charge in [0.2, 0.25) is 5.95 Å². The molecule has 0 aliphatic carbocycles. The maximum atomic E-state index is 13.7. The zero-order valence-corrected chi connectivity index (χ0v) is 21.0. The van der Waals surface area contributed by atoms with Gasteiger partial charge < -0.3 is 16.1 Å². The minimum Gasteiger partial charge on any atom is -0.383 e. The van der Waals surface area contributed by atoms with E-state index in [0.29, 0.717) is 39.7 Å². The van der Waals surface area contributed by atoms with Crippen LogP contribution < -0.4 is 21.6 Å². The van der Waals surface area contributed by atoms with Crippen LogP contribution in [-0.4, -0.2) is 28.6 Å². The Morgan fingerprint density at radius 1 is 1.29 bits per heavy atom. The van der Waals surface area contributed by atoms with Crippen LogP contribution in [0.25, 0.3) is 10.9 Å². The van der Waals surface area contributed by atoms with E-state index in [1.807, 2.05) is 19.3 Å². The van der Waals surface area contributed by atoms with Gasteiger partial charge >= 0.3 is 0 Å². The van der Waals surface area contributed by atoms with Crippen molar-refractivity contribution in [2.75, 3.05) is 24.2 Å². The molecule has 1 aliphatic heterocycles. The Morgan fingerprint density at radius 2 is 2.06 bits per heavy atom. The van der Waals surface area contributed by atoms with Crippen LogP contribution >= 0.6 is 11.6 Å². The summed E-state index contributed by atoms with van der Waals surface area (Å²) in [5.74, 6) is -0.535. The molecule has 1 aliphatic rings. The lowest BCUT2D eigenvalue weighted by Gasteiger charge is -2.24. The van der Waals surface area contributed by atoms with E-state index in [0.717, 1.165) is 16.6 Å². The quantitative estimate of drug-likeness (QED) is 0.355. The lowest BCUT2D eigenvalue weighted by molar-refractivity contribution is 0.326. The predicted molar refractivity (Wildman–Crippen MR) is 137 cm³/mol. The van der Waals surface area contributed by atoms with Crippen LogP contribution in [-0.2, 0) is 0 Å². The summed E-state index contributed by atoms with van der Waals surface area (Å²) in [4.78, 5) is 8.43. The highest BCUT2D eigenvalue weighted by molar-refractivity contribution is 6.35. The number of hydrazine groups is 2. The summed E-state index contributed by atoms with van der Waals surface area (Å²) in [6, 6.07) is 8.62. The van der Waals surface area contributed by atoms with E-state index >= 15 is 0 Å². The zero-order chi connectivity index (χ0) is 25.3. The molecule has 0 saturated heterocycles. The highest BCUT2D eigenvalue weighted by Gasteiger charge is 2.24. The second-order valence-electron chi connectivity index (χ2n) is 9.75. The fourth-order valence-electron chi connectivity index (χ4n) is 3.88. The van der Waals surface area contributed by atoms with Crippen LogP contribution in [0.3, 0.4) is 0 Å². The molecule has 3 aromatic rings. The number of fused-ring (bicyclic) bond motifs is 1. The summed E-state index contributed by atoms with van der Waals surface area (Å²) >= 11 is 6.66. The van der Waals surface area contributed by atoms with Gasteiger partial charge in [-0.25, -0.2) is 4.98 Å². The van der Waals surface area contributed by atoms with Crippen molar-refractivity contribution in [3.8, 4) is 6.07 Å². The number of aryl methyl sites for hydroxylation is 1. The summed E-state index contributed by atoms with van der Waals surface area (Å²) in [5, 5.41) is 19.6. The summed E-state index contributed by atoms with van der Waals surface area (Å²) in [5.41, 5.74) is 10.8. The molecule has 1 unspecified atom stereocenters. The second kappa shape index (κ2) is 9.56. The molecule has 0 bridgehead atoms. The number of benzene rings is 1. The maximum absolute atomic E-state index is 13.7. The smallest absolute Gasteiger partial charge is 0.213 e. The molecule has 35 heavy (non-hydrogen) atoms. The van der Waals surface area contributed by atoms with Gasteiger partial charge in [0.25, 0.3) is 0 Å². The number of hydrogen-bond acceptors (Lipinski definition) is 8. The van der Waals surface area contributed by atoms with Crippen molar-refractivity contribution in [2.45, 2.75) is 33.7 Å². The van der Waals surface area contributed by atoms with E-state index in [4.69, 9.17) is 11.6 Å². The third-order valence-electron chi connectivity index (χ3n) is 5.58. The zero-order valence-electron chi connectivity index (χ0n) is 20.3. The van der Waals surface area contributed by atoms with Crippen LogP contribution in [0, 0.1) is 29.6 Å². The molecular weight excluding hydrogens is 467 g/mol. The van der Waals surface area contributed by atoms with Crippen LogP contribution in [0.2, 0.25) is 5.02 Å². The first-order valence-corrected chi connectivity index (χ1v) is 11.6. The molecule has 182 valence electrons. The molecule has 3 heterocycles. The molecule has 0 fully saturated rings. The first kappa shape index (κ1) is 24.5. The average Bonchev–Trinajstić information content (AvgIpc) is 3.21. The lowest BCUT2D eigenvalue weighted by atomic mass is 9.96. The second-order valence-corrected chi connectivity index (χ2v) is 10.2. The van der Waals surface area contributed by atoms with Crippen molar-refractivity contribution in [3.05, 3.63) is 70.2 Å². The monoisotopic (exact) mass is 494 g/mol. The molecule has 4 rings (SSSR count). The number of pyridine rings is 2. The Morgan fingerprint density at radius 3 is 2.69 bits per heavy atom. The van der Waals surface area contributed by atoms with Gasteiger partial charge in [0, 0.05) is 48.3 Å². The first-order chi connectivity index (χ1) is 16.6. The number of nitriles is 1. The van der Waals surface area contributed by atoms with Gasteiger partial charge in [-0.05, 0) is 30.5 Å². The third-order valence-corrected chi connectivity index (χ3v) is 5.86. The molecule has 0 amide bonds. The van der Waals surface area contributed by atoms with E-state index in [1.165, 1.54) is 12.3 Å². The number of anilines is 2. The molecule has 2 aromatic heterocycles. The van der Waals surface area contributed by atoms with Crippen molar-refractivity contribution >= 4 is 33.9 Å². The minimum absolute atomic E-state index is 0.000175. The molecule has 10 heteroatoms. The van der Waals surface area contributed by atoms with Crippen LogP contribution in [0.1, 0.15) is 43.6 Å². The molecule has 0 spiro atoms. The van der Waals surface area contributed by atoms with Crippen LogP contribution in [0.15, 0.2) is 42.4 Å². The Labute approximate surface area is 209 Å². The standard InChI is InChI=1S/C25H28ClFN8/c1-14-17(6-7-21(27)31-14)24(20-12-35(5)34-33-20)32-16-8-18-22(30-13-25(2,3)4)15(10-28)11-29-23(18)19(26)9-16/h6-9,11-12,24,32-34H,13H2,1-5H3,(H,29,30). The fourth-order valence-corrected chi connectivity index (χ4v) is 4.15. The number of nitrogens with zero attached hydrogens (tertiary/aromatic N) is 4. The van der Waals surface area contributed by atoms with E-state index in [1.54, 1.807) is 24.1 Å². The highest BCUT2D eigenvalue weighted by Crippen LogP contribution is 2.36. The lowest BCUT2D eigenvalue weighted by Crippen LogP contribution is -2.35. The third kappa shape index (κ3) is 5.39. The Balaban J connectivity index is 1.81. The Kier molecular flexibility index (Phi) is 6.70. The average molecular weight is 495 g/mol. The van der Waals surface area contributed by atoms with Gasteiger partial charge in [0.05, 0.1) is 33.5 Å². The molecule has 0 saturated carbocycles. The first-order valence-electron chi connectivity index (χ1n) is 11.2. The Bertz CT molecular complexity index is 1340. The van der Waals surface area contributed by atoms with E-state index < -0.39 is 5.95 Å². The molecular formula is C25H28ClFN8. The van der Waals surface area contributed by atoms with Gasteiger partial charge in [0.1, 0.15) is 6.07 Å². The van der Waals surface area contributed by atoms with Crippen molar-refractivity contribution in [2.24, 2.45) is 5.41 Å². The van der Waals surface area contributed by atoms with Gasteiger partial charge in [-0.2, -0.15) is 9.65 Å². The Hall–Kier alpha value is -3.61. The number of nitrogens with one attached hydrogen (secondary N) is 4. The molecule has 1 atom stereocenters. The SMILES string of the molecule is Cc1nc(F)ccc1C(Nc1cc(Cl)c2ncc(C#N)c(NCC(C)(C)C)c2c1)C1=CN(C)NN1. The van der Waals surface area contributed by atoms with Crippen molar-refractivity contribution in [1.29, 1.82) is 5.26 Å². The van der Waals surface area contributed by atoms with Crippen molar-refractivity contribution in [3.63, 3.8) is 0 Å². The summed E-state index contributed by atoms with van der Waals surface area (Å²) in [7, 11) is 1.86. The molecule has 1 aromatic carbocycles. The van der Waals surface area contributed by atoms with E-state index in [2.05, 4.69) is 58.4 Å². The minimum atomic E-state index is -0.535. The summed E-state index contributed by atoms with van der Waals surface area (Å²) in [6.45, 7) is 8.78. The predicted octanol–water partition coefficient (Wildman–Crippen LogP) is 5.01. The number of rotatable bonds is 6. The maximum Gasteiger partial charge on any atom is 0.213 e. The fraction of sp³-hybridized carbons (Fsp3) is 0.320. The van der Waals surface area contributed by atoms with Gasteiger partial charge in [-0.15, -0.1) is 5.53 Å². The van der Waals surface area contributed by atoms with Gasteiger partial charge in [-0.1, -0.05) is 38.4 Å². The number of hydrogen-bond donors (Lipinski definition) is 4. The van der Waals surface area contributed by atoms with Crippen LogP contribution in [0.4, 0.5) is 15.8 Å². The van der Waals surface area contributed by atoms with Gasteiger partial charge in [0.15, 0.2) is 0 Å². The molecule has 8 nitrogen and oxygen atoms in total. The normalized spacial score (nSPS) is 14.3. The topological polar surface area (TPSA) is 101 Å².